The van der Waals surface area contributed by atoms with Crippen molar-refractivity contribution >= 4 is 5.71 Å². The minimum atomic E-state index is -4.30. The minimum Gasteiger partial charge on any atom is -0.386 e. The molecular formula is C7H11F3N2O. The fourth-order valence-electron chi connectivity index (χ4n) is 1.06. The molecule has 0 aliphatic carbocycles. The van der Waals surface area contributed by atoms with Crippen LogP contribution >= 0.6 is 0 Å². The zero-order chi connectivity index (χ0) is 9.90. The van der Waals surface area contributed by atoms with Crippen molar-refractivity contribution in [3.05, 3.63) is 0 Å². The first-order valence-electron chi connectivity index (χ1n) is 3.90. The Labute approximate surface area is 74.1 Å². The summed E-state index contributed by atoms with van der Waals surface area (Å²) in [6.45, 7) is 0.117. The van der Waals surface area contributed by atoms with Gasteiger partial charge in [0.1, 0.15) is 0 Å². The van der Waals surface area contributed by atoms with E-state index in [1.807, 2.05) is 11.9 Å². The summed E-state index contributed by atoms with van der Waals surface area (Å²) in [5.41, 5.74) is 0.673. The molecule has 1 aliphatic heterocycles. The van der Waals surface area contributed by atoms with E-state index in [1.54, 1.807) is 0 Å². The van der Waals surface area contributed by atoms with E-state index in [1.165, 1.54) is 0 Å². The van der Waals surface area contributed by atoms with Crippen LogP contribution in [0.2, 0.25) is 0 Å². The second-order valence-corrected chi connectivity index (χ2v) is 3.03. The third-order valence-electron chi connectivity index (χ3n) is 1.66. The quantitative estimate of drug-likeness (QED) is 0.621. The van der Waals surface area contributed by atoms with Crippen LogP contribution in [0, 0.1) is 0 Å². The van der Waals surface area contributed by atoms with Gasteiger partial charge in [0.15, 0.2) is 0 Å². The van der Waals surface area contributed by atoms with Gasteiger partial charge >= 0.3 is 6.18 Å². The zero-order valence-corrected chi connectivity index (χ0v) is 7.26. The number of hydrogen-bond acceptors (Lipinski definition) is 3. The molecule has 13 heavy (non-hydrogen) atoms. The molecule has 1 fully saturated rings. The lowest BCUT2D eigenvalue weighted by atomic mass is 10.3. The molecule has 0 bridgehead atoms. The van der Waals surface area contributed by atoms with Gasteiger partial charge in [0, 0.05) is 19.5 Å². The van der Waals surface area contributed by atoms with E-state index >= 15 is 0 Å². The van der Waals surface area contributed by atoms with Gasteiger partial charge in [-0.15, -0.1) is 0 Å². The first-order valence-corrected chi connectivity index (χ1v) is 3.90. The van der Waals surface area contributed by atoms with Gasteiger partial charge in [0.2, 0.25) is 6.61 Å². The highest BCUT2D eigenvalue weighted by Crippen LogP contribution is 2.14. The highest BCUT2D eigenvalue weighted by molar-refractivity contribution is 5.87. The van der Waals surface area contributed by atoms with Crippen molar-refractivity contribution in [2.75, 3.05) is 26.7 Å². The van der Waals surface area contributed by atoms with Crippen molar-refractivity contribution in [1.82, 2.24) is 4.90 Å². The van der Waals surface area contributed by atoms with Gasteiger partial charge in [-0.05, 0) is 7.05 Å². The summed E-state index contributed by atoms with van der Waals surface area (Å²) in [6, 6.07) is 0. The van der Waals surface area contributed by atoms with Gasteiger partial charge in [-0.25, -0.2) is 0 Å². The Morgan fingerprint density at radius 3 is 2.69 bits per heavy atom. The molecule has 0 aromatic carbocycles. The van der Waals surface area contributed by atoms with Gasteiger partial charge in [-0.2, -0.15) is 13.2 Å². The fraction of sp³-hybridized carbons (Fsp3) is 0.857. The van der Waals surface area contributed by atoms with Crippen LogP contribution in [0.25, 0.3) is 0 Å². The summed E-state index contributed by atoms with van der Waals surface area (Å²) in [5.74, 6) is 0. The van der Waals surface area contributed by atoms with Crippen LogP contribution in [-0.4, -0.2) is 43.5 Å². The van der Waals surface area contributed by atoms with E-state index in [0.29, 0.717) is 18.7 Å². The van der Waals surface area contributed by atoms with Crippen LogP contribution in [0.4, 0.5) is 13.2 Å². The molecule has 1 heterocycles. The Hall–Kier alpha value is -0.780. The van der Waals surface area contributed by atoms with Gasteiger partial charge in [0.05, 0.1) is 5.71 Å². The number of hydrogen-bond donors (Lipinski definition) is 0. The van der Waals surface area contributed by atoms with E-state index in [0.717, 1.165) is 6.54 Å². The van der Waals surface area contributed by atoms with Crippen LogP contribution in [0.1, 0.15) is 6.42 Å². The number of oxime groups is 1. The third kappa shape index (κ3) is 4.12. The molecule has 0 radical (unpaired) electrons. The molecule has 0 N–H and O–H groups in total. The summed E-state index contributed by atoms with van der Waals surface area (Å²) < 4.78 is 34.8. The smallest absolute Gasteiger partial charge is 0.386 e. The summed E-state index contributed by atoms with van der Waals surface area (Å²) >= 11 is 0. The SMILES string of the molecule is CN1CC/C(=N/OCC(F)(F)F)C1. The maximum atomic E-state index is 11.6. The lowest BCUT2D eigenvalue weighted by Crippen LogP contribution is -2.17. The van der Waals surface area contributed by atoms with E-state index in [9.17, 15) is 13.2 Å². The minimum absolute atomic E-state index is 0.595. The summed E-state index contributed by atoms with van der Waals surface area (Å²) in [4.78, 5) is 6.13. The molecule has 1 saturated heterocycles. The Kier molecular flexibility index (Phi) is 3.13. The van der Waals surface area contributed by atoms with E-state index < -0.39 is 12.8 Å². The molecule has 0 amide bonds. The van der Waals surface area contributed by atoms with Crippen LogP contribution in [-0.2, 0) is 4.84 Å². The number of nitrogens with zero attached hydrogens (tertiary/aromatic N) is 2. The second kappa shape index (κ2) is 3.95. The Morgan fingerprint density at radius 2 is 2.23 bits per heavy atom. The zero-order valence-electron chi connectivity index (χ0n) is 7.26. The monoisotopic (exact) mass is 196 g/mol. The van der Waals surface area contributed by atoms with Crippen LogP contribution in [0.3, 0.4) is 0 Å². The van der Waals surface area contributed by atoms with E-state index in [2.05, 4.69) is 9.99 Å². The molecule has 0 aromatic rings. The van der Waals surface area contributed by atoms with Crippen molar-refractivity contribution in [1.29, 1.82) is 0 Å². The number of rotatable bonds is 2. The lowest BCUT2D eigenvalue weighted by molar-refractivity contribution is -0.173. The van der Waals surface area contributed by atoms with Gasteiger partial charge < -0.3 is 9.74 Å². The van der Waals surface area contributed by atoms with Crippen molar-refractivity contribution < 1.29 is 18.0 Å². The summed E-state index contributed by atoms with van der Waals surface area (Å²) in [6.07, 6.45) is -3.61. The van der Waals surface area contributed by atoms with Crippen molar-refractivity contribution in [3.63, 3.8) is 0 Å². The van der Waals surface area contributed by atoms with Crippen molar-refractivity contribution in [2.24, 2.45) is 5.16 Å². The molecule has 0 atom stereocenters. The average Bonchev–Trinajstić information content (AvgIpc) is 2.33. The predicted molar refractivity (Wildman–Crippen MR) is 41.6 cm³/mol. The molecule has 6 heteroatoms. The summed E-state index contributed by atoms with van der Waals surface area (Å²) in [5, 5.41) is 3.41. The number of alkyl halides is 3. The Bertz CT molecular complexity index is 202. The molecule has 1 aliphatic rings. The van der Waals surface area contributed by atoms with Crippen molar-refractivity contribution in [2.45, 2.75) is 12.6 Å². The average molecular weight is 196 g/mol. The van der Waals surface area contributed by atoms with E-state index in [-0.39, 0.29) is 0 Å². The van der Waals surface area contributed by atoms with Gasteiger partial charge in [-0.1, -0.05) is 5.16 Å². The molecule has 1 rings (SSSR count). The Morgan fingerprint density at radius 1 is 1.54 bits per heavy atom. The first-order chi connectivity index (χ1) is 5.97. The predicted octanol–water partition coefficient (Wildman–Crippen LogP) is 1.26. The van der Waals surface area contributed by atoms with E-state index in [4.69, 9.17) is 0 Å². The topological polar surface area (TPSA) is 24.8 Å². The summed E-state index contributed by atoms with van der Waals surface area (Å²) in [7, 11) is 1.88. The molecule has 0 spiro atoms. The van der Waals surface area contributed by atoms with Gasteiger partial charge in [0.25, 0.3) is 0 Å². The Balaban J connectivity index is 2.25. The number of likely N-dealkylation sites (tertiary alicyclic amines) is 1. The highest BCUT2D eigenvalue weighted by atomic mass is 19.4. The maximum absolute atomic E-state index is 11.6. The molecule has 76 valence electrons. The number of halogens is 3. The normalized spacial score (nSPS) is 22.6. The van der Waals surface area contributed by atoms with Crippen LogP contribution in [0.5, 0.6) is 0 Å². The van der Waals surface area contributed by atoms with Gasteiger partial charge in [-0.3, -0.25) is 0 Å². The molecular weight excluding hydrogens is 185 g/mol. The molecule has 0 aromatic heterocycles. The van der Waals surface area contributed by atoms with Crippen LogP contribution in [0.15, 0.2) is 5.16 Å². The van der Waals surface area contributed by atoms with Crippen LogP contribution < -0.4 is 0 Å². The fourth-order valence-corrected chi connectivity index (χ4v) is 1.06. The molecule has 0 unspecified atom stereocenters. The third-order valence-corrected chi connectivity index (χ3v) is 1.66. The lowest BCUT2D eigenvalue weighted by Gasteiger charge is -2.04. The second-order valence-electron chi connectivity index (χ2n) is 3.03. The highest BCUT2D eigenvalue weighted by Gasteiger charge is 2.28. The van der Waals surface area contributed by atoms with Crippen molar-refractivity contribution in [3.8, 4) is 0 Å². The maximum Gasteiger partial charge on any atom is 0.425 e. The standard InChI is InChI=1S/C7H11F3N2O/c1-12-3-2-6(4-12)11-13-5-7(8,9)10/h2-5H2,1H3/b11-6-. The molecule has 0 saturated carbocycles. The first kappa shape index (κ1) is 10.3. The molecule has 3 nitrogen and oxygen atoms in total. The largest absolute Gasteiger partial charge is 0.425 e.